The third-order valence-corrected chi connectivity index (χ3v) is 5.77. The van der Waals surface area contributed by atoms with Gasteiger partial charge in [0.1, 0.15) is 5.69 Å². The lowest BCUT2D eigenvalue weighted by molar-refractivity contribution is -0.384. The van der Waals surface area contributed by atoms with Gasteiger partial charge in [-0.3, -0.25) is 10.1 Å². The topological polar surface area (TPSA) is 101 Å². The van der Waals surface area contributed by atoms with Gasteiger partial charge in [0.25, 0.3) is 5.69 Å². The van der Waals surface area contributed by atoms with Crippen molar-refractivity contribution in [3.05, 3.63) is 28.3 Å². The van der Waals surface area contributed by atoms with E-state index in [0.717, 1.165) is 17.9 Å². The molecule has 116 valence electrons. The van der Waals surface area contributed by atoms with E-state index >= 15 is 0 Å². The van der Waals surface area contributed by atoms with Crippen LogP contribution in [-0.4, -0.2) is 37.4 Å². The highest BCUT2D eigenvalue weighted by molar-refractivity contribution is 7.99. The number of nitrogens with one attached hydrogen (secondary N) is 2. The van der Waals surface area contributed by atoms with Crippen LogP contribution in [0.4, 0.5) is 11.4 Å². The van der Waals surface area contributed by atoms with Crippen LogP contribution in [0.25, 0.3) is 0 Å². The summed E-state index contributed by atoms with van der Waals surface area (Å²) in [5.74, 6) is 1.70. The second-order valence-electron chi connectivity index (χ2n) is 4.65. The molecule has 0 saturated carbocycles. The van der Waals surface area contributed by atoms with E-state index in [-0.39, 0.29) is 22.3 Å². The highest BCUT2D eigenvalue weighted by Gasteiger charge is 2.25. The molecule has 1 saturated heterocycles. The molecule has 1 fully saturated rings. The van der Waals surface area contributed by atoms with E-state index in [1.54, 1.807) is 18.7 Å². The lowest BCUT2D eigenvalue weighted by Gasteiger charge is -2.13. The van der Waals surface area contributed by atoms with Crippen molar-refractivity contribution in [3.8, 4) is 0 Å². The summed E-state index contributed by atoms with van der Waals surface area (Å²) in [6.07, 6.45) is 0.803. The number of hydrogen-bond acceptors (Lipinski definition) is 6. The second kappa shape index (κ2) is 6.63. The molecule has 2 rings (SSSR count). The summed E-state index contributed by atoms with van der Waals surface area (Å²) in [6.45, 7) is 2.26. The summed E-state index contributed by atoms with van der Waals surface area (Å²) in [5.41, 5.74) is 0.0818. The number of thioether (sulfide) groups is 1. The van der Waals surface area contributed by atoms with E-state index in [0.29, 0.717) is 6.54 Å². The van der Waals surface area contributed by atoms with Gasteiger partial charge in [0.15, 0.2) is 0 Å². The van der Waals surface area contributed by atoms with Crippen LogP contribution in [0, 0.1) is 10.1 Å². The van der Waals surface area contributed by atoms with Gasteiger partial charge < -0.3 is 5.32 Å². The number of nitro benzene ring substituents is 1. The summed E-state index contributed by atoms with van der Waals surface area (Å²) in [6, 6.07) is 3.73. The minimum atomic E-state index is -3.65. The molecule has 0 aliphatic carbocycles. The van der Waals surface area contributed by atoms with Crippen LogP contribution in [0.2, 0.25) is 0 Å². The fraction of sp³-hybridized carbons (Fsp3) is 0.500. The first kappa shape index (κ1) is 16.1. The van der Waals surface area contributed by atoms with Crippen molar-refractivity contribution in [2.45, 2.75) is 24.3 Å². The number of sulfonamides is 1. The minimum Gasteiger partial charge on any atom is -0.380 e. The van der Waals surface area contributed by atoms with Crippen LogP contribution >= 0.6 is 11.8 Å². The summed E-state index contributed by atoms with van der Waals surface area (Å²) in [5, 5.41) is 13.8. The first-order valence-corrected chi connectivity index (χ1v) is 9.20. The lowest BCUT2D eigenvalue weighted by atomic mass is 10.2. The number of nitro groups is 1. The minimum absolute atomic E-state index is 0.0425. The van der Waals surface area contributed by atoms with Crippen molar-refractivity contribution < 1.29 is 13.3 Å². The van der Waals surface area contributed by atoms with Crippen molar-refractivity contribution in [1.82, 2.24) is 4.72 Å². The van der Waals surface area contributed by atoms with Crippen LogP contribution in [0.1, 0.15) is 13.3 Å². The van der Waals surface area contributed by atoms with Gasteiger partial charge in [-0.2, -0.15) is 11.8 Å². The van der Waals surface area contributed by atoms with E-state index in [1.807, 2.05) is 0 Å². The summed E-state index contributed by atoms with van der Waals surface area (Å²) >= 11 is 1.71. The van der Waals surface area contributed by atoms with Crippen LogP contribution in [0.15, 0.2) is 23.1 Å². The Morgan fingerprint density at radius 1 is 1.48 bits per heavy atom. The van der Waals surface area contributed by atoms with Gasteiger partial charge in [0.05, 0.1) is 9.82 Å². The molecule has 0 radical (unpaired) electrons. The first-order chi connectivity index (χ1) is 9.94. The fourth-order valence-corrected chi connectivity index (χ4v) is 4.64. The monoisotopic (exact) mass is 331 g/mol. The van der Waals surface area contributed by atoms with E-state index in [2.05, 4.69) is 10.0 Å². The Morgan fingerprint density at radius 2 is 2.24 bits per heavy atom. The molecule has 1 aromatic carbocycles. The highest BCUT2D eigenvalue weighted by atomic mass is 32.2. The van der Waals surface area contributed by atoms with Gasteiger partial charge in [-0.15, -0.1) is 0 Å². The predicted molar refractivity (Wildman–Crippen MR) is 83.3 cm³/mol. The maximum Gasteiger partial charge on any atom is 0.292 e. The largest absolute Gasteiger partial charge is 0.380 e. The summed E-state index contributed by atoms with van der Waals surface area (Å²) in [4.78, 5) is 10.4. The van der Waals surface area contributed by atoms with Gasteiger partial charge in [0.2, 0.25) is 10.0 Å². The van der Waals surface area contributed by atoms with Crippen LogP contribution < -0.4 is 10.0 Å². The number of rotatable bonds is 6. The molecule has 1 aliphatic rings. The van der Waals surface area contributed by atoms with Crippen molar-refractivity contribution in [3.63, 3.8) is 0 Å². The molecule has 7 nitrogen and oxygen atoms in total. The number of hydrogen-bond donors (Lipinski definition) is 2. The molecular weight excluding hydrogens is 314 g/mol. The number of nitrogens with zero attached hydrogens (tertiary/aromatic N) is 1. The zero-order valence-corrected chi connectivity index (χ0v) is 13.2. The number of anilines is 1. The average Bonchev–Trinajstić information content (AvgIpc) is 2.91. The molecule has 9 heteroatoms. The van der Waals surface area contributed by atoms with E-state index in [4.69, 9.17) is 0 Å². The first-order valence-electron chi connectivity index (χ1n) is 6.56. The molecule has 1 heterocycles. The van der Waals surface area contributed by atoms with E-state index in [9.17, 15) is 18.5 Å². The van der Waals surface area contributed by atoms with Crippen molar-refractivity contribution in [1.29, 1.82) is 0 Å². The lowest BCUT2D eigenvalue weighted by Crippen LogP contribution is -2.34. The molecule has 0 aromatic heterocycles. The van der Waals surface area contributed by atoms with Crippen molar-refractivity contribution in [2.24, 2.45) is 0 Å². The predicted octanol–water partition coefficient (Wildman–Crippen LogP) is 1.81. The fourth-order valence-electron chi connectivity index (χ4n) is 2.09. The maximum atomic E-state index is 12.3. The van der Waals surface area contributed by atoms with Gasteiger partial charge in [-0.05, 0) is 31.2 Å². The quantitative estimate of drug-likeness (QED) is 0.609. The molecule has 2 N–H and O–H groups in total. The van der Waals surface area contributed by atoms with Gasteiger partial charge in [-0.1, -0.05) is 0 Å². The van der Waals surface area contributed by atoms with Crippen LogP contribution in [-0.2, 0) is 10.0 Å². The third-order valence-electron chi connectivity index (χ3n) is 3.09. The Morgan fingerprint density at radius 3 is 2.81 bits per heavy atom. The second-order valence-corrected chi connectivity index (χ2v) is 7.51. The zero-order valence-electron chi connectivity index (χ0n) is 11.5. The molecule has 0 amide bonds. The molecule has 0 spiro atoms. The van der Waals surface area contributed by atoms with Crippen LogP contribution in [0.3, 0.4) is 0 Å². The van der Waals surface area contributed by atoms with Crippen LogP contribution in [0.5, 0.6) is 0 Å². The molecule has 21 heavy (non-hydrogen) atoms. The van der Waals surface area contributed by atoms with Gasteiger partial charge in [0, 0.05) is 24.4 Å². The Kier molecular flexibility index (Phi) is 5.07. The molecule has 1 aliphatic heterocycles. The Bertz CT molecular complexity index is 627. The Hall–Kier alpha value is -1.32. The molecule has 1 unspecified atom stereocenters. The van der Waals surface area contributed by atoms with Gasteiger partial charge in [-0.25, -0.2) is 13.1 Å². The van der Waals surface area contributed by atoms with E-state index in [1.165, 1.54) is 18.2 Å². The smallest absolute Gasteiger partial charge is 0.292 e. The number of benzene rings is 1. The molecule has 1 atom stereocenters. The summed E-state index contributed by atoms with van der Waals surface area (Å²) < 4.78 is 27.3. The van der Waals surface area contributed by atoms with Crippen molar-refractivity contribution in [2.75, 3.05) is 23.4 Å². The SMILES string of the molecule is CCNc1cc(S(=O)(=O)NC2CCSC2)ccc1[N+](=O)[O-]. The standard InChI is InChI=1S/C12H17N3O4S2/c1-2-13-11-7-10(3-4-12(11)15(16)17)21(18,19)14-9-5-6-20-8-9/h3-4,7,9,13-14H,2,5-6,8H2,1H3. The van der Waals surface area contributed by atoms with Crippen molar-refractivity contribution >= 4 is 33.2 Å². The van der Waals surface area contributed by atoms with E-state index < -0.39 is 14.9 Å². The van der Waals surface area contributed by atoms with Gasteiger partial charge >= 0.3 is 0 Å². The zero-order chi connectivity index (χ0) is 15.5. The Labute approximate surface area is 127 Å². The highest BCUT2D eigenvalue weighted by Crippen LogP contribution is 2.28. The third kappa shape index (κ3) is 3.86. The molecule has 1 aromatic rings. The summed E-state index contributed by atoms with van der Waals surface area (Å²) in [7, 11) is -3.65. The average molecular weight is 331 g/mol. The Balaban J connectivity index is 2.30. The molecular formula is C12H17N3O4S2. The normalized spacial score (nSPS) is 18.6. The maximum absolute atomic E-state index is 12.3. The molecule has 0 bridgehead atoms.